The quantitative estimate of drug-likeness (QED) is 0.128. The molecule has 245 valence electrons. The summed E-state index contributed by atoms with van der Waals surface area (Å²) in [6, 6.07) is 24.7. The number of anilines is 1. The van der Waals surface area contributed by atoms with E-state index in [9.17, 15) is 14.4 Å². The van der Waals surface area contributed by atoms with Gasteiger partial charge in [-0.1, -0.05) is 60.7 Å². The number of aryl methyl sites for hydroxylation is 4. The van der Waals surface area contributed by atoms with Gasteiger partial charge in [0.1, 0.15) is 11.5 Å². The molecule has 3 N–H and O–H groups in total. The average molecular weight is 702 g/mol. The molecule has 0 aliphatic rings. The third-order valence-electron chi connectivity index (χ3n) is 7.09. The van der Waals surface area contributed by atoms with E-state index < -0.39 is 0 Å². The molecule has 1 radical (unpaired) electrons. The van der Waals surface area contributed by atoms with Crippen LogP contribution in [0.5, 0.6) is 0 Å². The summed E-state index contributed by atoms with van der Waals surface area (Å²) in [5.74, 6) is 0.343. The van der Waals surface area contributed by atoms with Crippen LogP contribution in [0.1, 0.15) is 40.1 Å². The van der Waals surface area contributed by atoms with E-state index >= 15 is 0 Å². The maximum atomic E-state index is 12.5. The van der Waals surface area contributed by atoms with E-state index in [1.54, 1.807) is 11.4 Å². The molecule has 5 heterocycles. The maximum Gasteiger partial charge on any atom is 0.257 e. The third-order valence-corrected chi connectivity index (χ3v) is 7.23. The fraction of sp³-hybridized carbons (Fsp3) is 0.143. The van der Waals surface area contributed by atoms with Gasteiger partial charge in [-0.05, 0) is 56.5 Å². The molecule has 0 atom stereocenters. The molecule has 0 aliphatic carbocycles. The van der Waals surface area contributed by atoms with Gasteiger partial charge >= 0.3 is 0 Å². The smallest absolute Gasteiger partial charge is 0.257 e. The minimum absolute atomic E-state index is 0. The van der Waals surface area contributed by atoms with Gasteiger partial charge in [0, 0.05) is 48.1 Å². The molecule has 13 heteroatoms. The number of fused-ring (bicyclic) bond motifs is 4. The fourth-order valence-corrected chi connectivity index (χ4v) is 5.09. The number of nitrogens with one attached hydrogen (secondary N) is 1. The Morgan fingerprint density at radius 3 is 2.02 bits per heavy atom. The molecular formula is C35H34ClN8O3V-. The number of nitrogen functional groups attached to an aromatic ring is 1. The molecule has 0 unspecified atom stereocenters. The Kier molecular flexibility index (Phi) is 12.0. The van der Waals surface area contributed by atoms with Crippen LogP contribution in [0.2, 0.25) is 0 Å². The number of hydrogen-bond donors (Lipinski definition) is 2. The van der Waals surface area contributed by atoms with E-state index in [1.165, 1.54) is 4.52 Å². The number of carbonyl (C=O) groups is 2. The van der Waals surface area contributed by atoms with Crippen LogP contribution in [0.4, 0.5) is 5.82 Å². The van der Waals surface area contributed by atoms with Crippen molar-refractivity contribution in [2.24, 2.45) is 0 Å². The average Bonchev–Trinajstić information content (AvgIpc) is 3.64. The number of pyridine rings is 1. The van der Waals surface area contributed by atoms with Crippen molar-refractivity contribution >= 4 is 51.3 Å². The minimum atomic E-state index is -0.314. The summed E-state index contributed by atoms with van der Waals surface area (Å²) in [6.07, 6.45) is 1.02. The van der Waals surface area contributed by atoms with Crippen molar-refractivity contribution in [2.45, 2.75) is 34.1 Å². The topological polar surface area (TPSA) is 153 Å². The molecule has 5 aromatic heterocycles. The summed E-state index contributed by atoms with van der Waals surface area (Å²) < 4.78 is 8.67. The first-order valence-corrected chi connectivity index (χ1v) is 14.7. The third kappa shape index (κ3) is 8.24. The Hall–Kier alpha value is -5.10. The number of aromatic amines is 1. The summed E-state index contributed by atoms with van der Waals surface area (Å²) in [7, 11) is 2.50. The van der Waals surface area contributed by atoms with E-state index in [2.05, 4.69) is 32.6 Å². The first kappa shape index (κ1) is 35.8. The van der Waals surface area contributed by atoms with Crippen molar-refractivity contribution in [2.75, 3.05) is 5.73 Å². The fourth-order valence-electron chi connectivity index (χ4n) is 4.93. The van der Waals surface area contributed by atoms with Gasteiger partial charge in [-0.3, -0.25) is 14.4 Å². The van der Waals surface area contributed by atoms with Gasteiger partial charge in [0.15, 0.2) is 17.6 Å². The van der Waals surface area contributed by atoms with Crippen molar-refractivity contribution in [1.29, 1.82) is 0 Å². The van der Waals surface area contributed by atoms with E-state index in [4.69, 9.17) is 18.7 Å². The van der Waals surface area contributed by atoms with Gasteiger partial charge in [0.05, 0.1) is 28.3 Å². The van der Waals surface area contributed by atoms with E-state index in [1.807, 2.05) is 99.6 Å². The zero-order chi connectivity index (χ0) is 35.0. The van der Waals surface area contributed by atoms with E-state index in [-0.39, 0.29) is 29.4 Å². The summed E-state index contributed by atoms with van der Waals surface area (Å²) in [4.78, 5) is 45.3. The molecule has 0 aliphatic heterocycles. The SMILES string of the molecule is Cc1cc2nc(C)c(C=O)c(N)n2n1.Cc1cc2nc(C)c3cc(-c4ccccc4)c(=O)[nH]c3n2n1.O=C(Cl)Cc1ccccc1.[2H][CH2-].[V]. The molecule has 0 spiro atoms. The van der Waals surface area contributed by atoms with E-state index in [0.29, 0.717) is 46.6 Å². The number of aromatic nitrogens is 7. The van der Waals surface area contributed by atoms with Gasteiger partial charge in [0.2, 0.25) is 5.24 Å². The first-order valence-electron chi connectivity index (χ1n) is 15.0. The molecule has 0 saturated carbocycles. The van der Waals surface area contributed by atoms with Gasteiger partial charge in [-0.2, -0.15) is 19.2 Å². The Labute approximate surface area is 295 Å². The van der Waals surface area contributed by atoms with E-state index in [0.717, 1.165) is 39.2 Å². The Morgan fingerprint density at radius 2 is 1.44 bits per heavy atom. The van der Waals surface area contributed by atoms with Gasteiger partial charge in [0.25, 0.3) is 5.56 Å². The normalized spacial score (nSPS) is 10.4. The number of rotatable bonds is 4. The molecule has 0 fully saturated rings. The number of H-pyrrole nitrogens is 1. The molecule has 0 saturated heterocycles. The summed E-state index contributed by atoms with van der Waals surface area (Å²) in [6.45, 7) is 7.45. The standard InChI is InChI=1S/C17H14N4O.C9H10N4O.C8H7ClO.CH3.V/c1-10-8-15-18-11(2)13-9-14(12-6-4-3-5-7-12)17(22)19-16(13)21(15)20-10;1-5-3-8-11-6(2)7(4-14)9(10)13(8)12-5;9-8(10)6-7-4-2-1-3-5-7;;/h3-9H,1-2H3,(H,19,22);3-4H,10H2,1-2H3;1-5H,6H2;1H3;/q;;;-1;/i;;;1D;. The predicted molar refractivity (Wildman–Crippen MR) is 186 cm³/mol. The number of halogens is 1. The van der Waals surface area contributed by atoms with Crippen LogP contribution in [0.25, 0.3) is 33.5 Å². The number of benzene rings is 2. The molecule has 2 aromatic carbocycles. The minimum Gasteiger partial charge on any atom is -0.383 e. The van der Waals surface area contributed by atoms with Crippen LogP contribution in [0.15, 0.2) is 83.7 Å². The first-order chi connectivity index (χ1) is 23.0. The number of nitrogens with zero attached hydrogens (tertiary/aromatic N) is 6. The van der Waals surface area contributed by atoms with Gasteiger partial charge < -0.3 is 18.1 Å². The second-order valence-electron chi connectivity index (χ2n) is 10.6. The van der Waals surface area contributed by atoms with Crippen molar-refractivity contribution in [3.05, 3.63) is 131 Å². The van der Waals surface area contributed by atoms with Crippen molar-refractivity contribution in [1.82, 2.24) is 34.2 Å². The van der Waals surface area contributed by atoms with Crippen LogP contribution in [0, 0.1) is 35.1 Å². The maximum absolute atomic E-state index is 12.5. The zero-order valence-corrected chi connectivity index (χ0v) is 29.0. The molecule has 0 amide bonds. The van der Waals surface area contributed by atoms with Crippen LogP contribution >= 0.6 is 11.6 Å². The Bertz CT molecular complexity index is 2270. The van der Waals surface area contributed by atoms with Gasteiger partial charge in [-0.25, -0.2) is 11.3 Å². The predicted octanol–water partition coefficient (Wildman–Crippen LogP) is 6.04. The number of hydrogen-bond acceptors (Lipinski definition) is 8. The molecule has 48 heavy (non-hydrogen) atoms. The Morgan fingerprint density at radius 1 is 0.896 bits per heavy atom. The number of nitrogens with two attached hydrogens (primary N) is 1. The number of carbonyl (C=O) groups excluding carboxylic acids is 2. The number of aldehydes is 1. The summed E-state index contributed by atoms with van der Waals surface area (Å²) in [5, 5.41) is 9.13. The Balaban J connectivity index is 0.000000208. The van der Waals surface area contributed by atoms with Crippen LogP contribution in [-0.4, -0.2) is 45.7 Å². The zero-order valence-electron chi connectivity index (χ0n) is 27.8. The summed E-state index contributed by atoms with van der Waals surface area (Å²) in [5.41, 5.74) is 13.8. The molecule has 7 aromatic rings. The van der Waals surface area contributed by atoms with Crippen LogP contribution < -0.4 is 11.3 Å². The summed E-state index contributed by atoms with van der Waals surface area (Å²) >= 11 is 5.17. The van der Waals surface area contributed by atoms with Crippen molar-refractivity contribution in [3.8, 4) is 11.1 Å². The van der Waals surface area contributed by atoms with Crippen molar-refractivity contribution in [3.63, 3.8) is 0 Å². The van der Waals surface area contributed by atoms with Crippen LogP contribution in [0.3, 0.4) is 0 Å². The molecular weight excluding hydrogens is 667 g/mol. The molecule has 0 bridgehead atoms. The van der Waals surface area contributed by atoms with Crippen molar-refractivity contribution < 1.29 is 29.5 Å². The van der Waals surface area contributed by atoms with Gasteiger partial charge in [-0.15, -0.1) is 0 Å². The second-order valence-corrected chi connectivity index (χ2v) is 11.0. The molecule has 7 rings (SSSR count). The van der Waals surface area contributed by atoms with Crippen LogP contribution in [-0.2, 0) is 29.8 Å². The molecule has 11 nitrogen and oxygen atoms in total. The second kappa shape index (κ2) is 16.1. The monoisotopic (exact) mass is 701 g/mol. The largest absolute Gasteiger partial charge is 0.383 e.